The first-order valence-electron chi connectivity index (χ1n) is 7.57. The Morgan fingerprint density at radius 3 is 1.59 bits per heavy atom. The predicted octanol–water partition coefficient (Wildman–Crippen LogP) is 0.478. The van der Waals surface area contributed by atoms with Gasteiger partial charge in [0.1, 0.15) is 22.1 Å². The van der Waals surface area contributed by atoms with Crippen molar-refractivity contribution in [1.82, 2.24) is 20.6 Å². The first-order valence-corrected chi connectivity index (χ1v) is 7.57. The van der Waals surface area contributed by atoms with Gasteiger partial charge in [-0.2, -0.15) is 0 Å². The molecule has 0 aliphatic carbocycles. The summed E-state index contributed by atoms with van der Waals surface area (Å²) in [6.07, 6.45) is -4.14. The number of rotatable bonds is 6. The van der Waals surface area contributed by atoms with Crippen LogP contribution in [0.4, 0.5) is 0 Å². The van der Waals surface area contributed by atoms with Crippen molar-refractivity contribution < 1.29 is 33.8 Å². The summed E-state index contributed by atoms with van der Waals surface area (Å²) in [6.45, 7) is 0. The average molecular weight is 370 g/mol. The minimum Gasteiger partial charge on any atom is -0.362 e. The molecule has 2 aromatic carbocycles. The van der Waals surface area contributed by atoms with E-state index in [9.17, 15) is 19.8 Å². The summed E-state index contributed by atoms with van der Waals surface area (Å²) >= 11 is 0. The van der Waals surface area contributed by atoms with Crippen molar-refractivity contribution in [2.75, 3.05) is 0 Å². The maximum Gasteiger partial charge on any atom is 0.223 e. The molecule has 2 unspecified atom stereocenters. The third-order valence-corrected chi connectivity index (χ3v) is 3.78. The number of benzene rings is 2. The molecule has 27 heavy (non-hydrogen) atoms. The van der Waals surface area contributed by atoms with Gasteiger partial charge >= 0.3 is 0 Å². The fourth-order valence-electron chi connectivity index (χ4n) is 2.40. The van der Waals surface area contributed by atoms with E-state index in [0.717, 1.165) is 0 Å². The summed E-state index contributed by atoms with van der Waals surface area (Å²) in [5, 5.41) is 34.2. The summed E-state index contributed by atoms with van der Waals surface area (Å²) in [4.78, 5) is 24.5. The van der Waals surface area contributed by atoms with Crippen LogP contribution in [0.5, 0.6) is 0 Å². The third kappa shape index (κ3) is 3.17. The third-order valence-electron chi connectivity index (χ3n) is 3.78. The molecule has 136 valence electrons. The molecule has 0 radical (unpaired) electrons. The Morgan fingerprint density at radius 1 is 0.741 bits per heavy atom. The molecule has 2 heterocycles. The second-order valence-corrected chi connectivity index (χ2v) is 5.50. The summed E-state index contributed by atoms with van der Waals surface area (Å²) in [6, 6.07) is 8.35. The van der Waals surface area contributed by atoms with E-state index in [2.05, 4.69) is 29.9 Å². The molecule has 0 saturated carbocycles. The lowest BCUT2D eigenvalue weighted by Crippen LogP contribution is -2.34. The largest absolute Gasteiger partial charge is 0.362 e. The molecular formula is C16H10N4O7. The minimum atomic E-state index is -2.07. The van der Waals surface area contributed by atoms with E-state index >= 15 is 0 Å². The predicted molar refractivity (Wildman–Crippen MR) is 85.4 cm³/mol. The maximum absolute atomic E-state index is 12.2. The Hall–Kier alpha value is -3.54. The van der Waals surface area contributed by atoms with E-state index in [1.807, 2.05) is 0 Å². The van der Waals surface area contributed by atoms with E-state index < -0.39 is 24.1 Å². The monoisotopic (exact) mass is 370 g/mol. The zero-order valence-electron chi connectivity index (χ0n) is 13.3. The molecule has 0 aliphatic heterocycles. The van der Waals surface area contributed by atoms with Crippen molar-refractivity contribution in [1.29, 1.82) is 0 Å². The van der Waals surface area contributed by atoms with Crippen LogP contribution in [-0.4, -0.2) is 55.0 Å². The molecule has 2 aromatic heterocycles. The van der Waals surface area contributed by atoms with Crippen molar-refractivity contribution in [3.63, 3.8) is 0 Å². The summed E-state index contributed by atoms with van der Waals surface area (Å²) in [7, 11) is 0. The highest BCUT2D eigenvalue weighted by atomic mass is 16.7. The number of ether oxygens (including phenoxy) is 1. The highest BCUT2D eigenvalue weighted by Gasteiger charge is 2.27. The van der Waals surface area contributed by atoms with E-state index in [1.165, 1.54) is 36.4 Å². The average Bonchev–Trinajstić information content (AvgIpc) is 3.34. The molecule has 4 aromatic rings. The Bertz CT molecular complexity index is 1060. The highest BCUT2D eigenvalue weighted by Crippen LogP contribution is 2.16. The van der Waals surface area contributed by atoms with Gasteiger partial charge in [0.2, 0.25) is 24.1 Å². The first kappa shape index (κ1) is 16.9. The Kier molecular flexibility index (Phi) is 4.16. The van der Waals surface area contributed by atoms with E-state index in [0.29, 0.717) is 22.1 Å². The zero-order valence-corrected chi connectivity index (χ0v) is 13.3. The van der Waals surface area contributed by atoms with Crippen LogP contribution in [0.2, 0.25) is 0 Å². The number of carbonyl (C=O) groups excluding carboxylic acids is 2. The molecule has 0 fully saturated rings. The van der Waals surface area contributed by atoms with E-state index in [-0.39, 0.29) is 11.1 Å². The number of hydrogen-bond donors (Lipinski definition) is 2. The lowest BCUT2D eigenvalue weighted by Gasteiger charge is -2.15. The number of aromatic nitrogens is 4. The Labute approximate surface area is 149 Å². The number of carbonyl (C=O) groups is 2. The van der Waals surface area contributed by atoms with Crippen LogP contribution in [0.1, 0.15) is 20.7 Å². The van der Waals surface area contributed by atoms with Gasteiger partial charge in [0.25, 0.3) is 0 Å². The van der Waals surface area contributed by atoms with Crippen LogP contribution in [0, 0.1) is 0 Å². The molecule has 2 N–H and O–H groups in total. The number of ketones is 2. The van der Waals surface area contributed by atoms with Crippen LogP contribution in [0.15, 0.2) is 45.7 Å². The van der Waals surface area contributed by atoms with E-state index in [1.54, 1.807) is 0 Å². The minimum absolute atomic E-state index is 0.0421. The van der Waals surface area contributed by atoms with Crippen LogP contribution >= 0.6 is 0 Å². The topological polar surface area (TPSA) is 162 Å². The molecule has 2 atom stereocenters. The van der Waals surface area contributed by atoms with Gasteiger partial charge in [0.05, 0.1) is 0 Å². The van der Waals surface area contributed by atoms with Crippen LogP contribution < -0.4 is 0 Å². The van der Waals surface area contributed by atoms with Gasteiger partial charge in [-0.15, -0.1) is 0 Å². The van der Waals surface area contributed by atoms with Crippen molar-refractivity contribution in [2.24, 2.45) is 0 Å². The van der Waals surface area contributed by atoms with Gasteiger partial charge in [0.15, 0.2) is 0 Å². The normalized spacial score (nSPS) is 13.7. The van der Waals surface area contributed by atoms with Crippen molar-refractivity contribution >= 4 is 33.6 Å². The SMILES string of the molecule is O=C(c1ccc2nonc2c1)C(O)OC(O)C(=O)c1ccc2nonc2c1. The van der Waals surface area contributed by atoms with Crippen LogP contribution in [0.3, 0.4) is 0 Å². The first-order chi connectivity index (χ1) is 13.0. The summed E-state index contributed by atoms with van der Waals surface area (Å²) in [5.74, 6) is -1.74. The lowest BCUT2D eigenvalue weighted by atomic mass is 10.1. The Morgan fingerprint density at radius 2 is 1.15 bits per heavy atom. The lowest BCUT2D eigenvalue weighted by molar-refractivity contribution is -0.163. The van der Waals surface area contributed by atoms with Gasteiger partial charge in [-0.05, 0) is 57.0 Å². The van der Waals surface area contributed by atoms with Gasteiger partial charge in [-0.3, -0.25) is 9.59 Å². The van der Waals surface area contributed by atoms with Gasteiger partial charge in [0, 0.05) is 11.1 Å². The second kappa shape index (κ2) is 6.64. The molecule has 11 nitrogen and oxygen atoms in total. The maximum atomic E-state index is 12.2. The number of hydrogen-bond acceptors (Lipinski definition) is 11. The number of Topliss-reactive ketones (excluding diaryl/α,β-unsaturated/α-hetero) is 2. The highest BCUT2D eigenvalue weighted by molar-refractivity contribution is 6.02. The Balaban J connectivity index is 1.47. The van der Waals surface area contributed by atoms with Crippen molar-refractivity contribution in [2.45, 2.75) is 12.6 Å². The smallest absolute Gasteiger partial charge is 0.223 e. The van der Waals surface area contributed by atoms with Gasteiger partial charge in [-0.25, -0.2) is 9.26 Å². The molecule has 0 aliphatic rings. The van der Waals surface area contributed by atoms with Crippen molar-refractivity contribution in [3.05, 3.63) is 47.5 Å². The number of aliphatic hydroxyl groups is 2. The fraction of sp³-hybridized carbons (Fsp3) is 0.125. The quantitative estimate of drug-likeness (QED) is 0.358. The molecule has 0 bridgehead atoms. The number of fused-ring (bicyclic) bond motifs is 2. The number of nitrogens with zero attached hydrogens (tertiary/aromatic N) is 4. The van der Waals surface area contributed by atoms with E-state index in [4.69, 9.17) is 4.74 Å². The fourth-order valence-corrected chi connectivity index (χ4v) is 2.40. The van der Waals surface area contributed by atoms with Crippen LogP contribution in [0.25, 0.3) is 22.1 Å². The second-order valence-electron chi connectivity index (χ2n) is 5.50. The molecule has 0 spiro atoms. The number of aliphatic hydroxyl groups excluding tert-OH is 2. The van der Waals surface area contributed by atoms with Crippen LogP contribution in [-0.2, 0) is 4.74 Å². The zero-order chi connectivity index (χ0) is 19.0. The molecule has 11 heteroatoms. The standard InChI is InChI=1S/C16H10N4O7/c21-13(7-1-3-9-11(5-7)19-26-17-9)15(23)25-16(24)14(22)8-2-4-10-12(6-8)20-27-18-10/h1-6,15-16,23-24H. The molecule has 0 amide bonds. The summed E-state index contributed by atoms with van der Waals surface area (Å²) < 4.78 is 13.8. The molecule has 0 saturated heterocycles. The summed E-state index contributed by atoms with van der Waals surface area (Å²) in [5.41, 5.74) is 1.55. The van der Waals surface area contributed by atoms with Gasteiger partial charge in [-0.1, -0.05) is 0 Å². The molecular weight excluding hydrogens is 360 g/mol. The molecule has 4 rings (SSSR count). The van der Waals surface area contributed by atoms with Gasteiger partial charge < -0.3 is 14.9 Å². The van der Waals surface area contributed by atoms with Crippen molar-refractivity contribution in [3.8, 4) is 0 Å².